The van der Waals surface area contributed by atoms with Crippen LogP contribution in [0.1, 0.15) is 42.3 Å². The van der Waals surface area contributed by atoms with Crippen LogP contribution in [0.15, 0.2) is 48.5 Å². The van der Waals surface area contributed by atoms with Crippen LogP contribution in [-0.4, -0.2) is 24.0 Å². The first kappa shape index (κ1) is 21.7. The normalized spacial score (nSPS) is 10.9. The van der Waals surface area contributed by atoms with E-state index in [-0.39, 0.29) is 5.91 Å². The molecule has 0 radical (unpaired) electrons. The third-order valence-electron chi connectivity index (χ3n) is 5.62. The van der Waals surface area contributed by atoms with Gasteiger partial charge in [0.2, 0.25) is 0 Å². The lowest BCUT2D eigenvalue weighted by molar-refractivity contribution is 0.0601. The summed E-state index contributed by atoms with van der Waals surface area (Å²) in [5, 5.41) is 4.19. The number of carbonyl (C=O) groups excluding carboxylic acids is 2. The number of hydrogen-bond acceptors (Lipinski definition) is 5. The molecule has 162 valence electrons. The van der Waals surface area contributed by atoms with E-state index in [9.17, 15) is 9.59 Å². The molecule has 6 heteroatoms. The molecule has 0 unspecified atom stereocenters. The number of methoxy groups -OCH3 is 1. The molecule has 0 aliphatic carbocycles. The van der Waals surface area contributed by atoms with E-state index in [1.807, 2.05) is 70.2 Å². The molecule has 0 aliphatic rings. The molecule has 0 spiro atoms. The van der Waals surface area contributed by atoms with Gasteiger partial charge >= 0.3 is 5.97 Å². The Morgan fingerprint density at radius 2 is 1.75 bits per heavy atom. The van der Waals surface area contributed by atoms with Gasteiger partial charge in [-0.1, -0.05) is 42.0 Å². The standard InChI is InChI=1S/C26H24N2O3S/c1-14-10-11-18(15(2)12-14)22-13-20(19-8-6-7-9-21(19)27-22)24(29)28-25-23(26(30)31-5)16(3)17(4)32-25/h6-13H,1-5H3,(H,28,29). The predicted molar refractivity (Wildman–Crippen MR) is 130 cm³/mol. The maximum atomic E-state index is 13.5. The second-order valence-electron chi connectivity index (χ2n) is 7.82. The number of hydrogen-bond donors (Lipinski definition) is 1. The molecule has 32 heavy (non-hydrogen) atoms. The fourth-order valence-electron chi connectivity index (χ4n) is 3.84. The van der Waals surface area contributed by atoms with Crippen molar-refractivity contribution in [1.82, 2.24) is 4.98 Å². The molecule has 2 aromatic carbocycles. The minimum absolute atomic E-state index is 0.291. The first-order chi connectivity index (χ1) is 15.3. The van der Waals surface area contributed by atoms with Crippen molar-refractivity contribution in [2.75, 3.05) is 12.4 Å². The van der Waals surface area contributed by atoms with Crippen LogP contribution in [0, 0.1) is 27.7 Å². The first-order valence-electron chi connectivity index (χ1n) is 10.3. The Morgan fingerprint density at radius 3 is 2.47 bits per heavy atom. The monoisotopic (exact) mass is 444 g/mol. The summed E-state index contributed by atoms with van der Waals surface area (Å²) in [6, 6.07) is 15.6. The molecule has 0 aliphatic heterocycles. The third-order valence-corrected chi connectivity index (χ3v) is 6.74. The SMILES string of the molecule is COC(=O)c1c(NC(=O)c2cc(-c3ccc(C)cc3C)nc3ccccc23)sc(C)c1C. The highest BCUT2D eigenvalue weighted by atomic mass is 32.1. The molecule has 1 amide bonds. The number of amides is 1. The minimum Gasteiger partial charge on any atom is -0.465 e. The van der Waals surface area contributed by atoms with Crippen molar-refractivity contribution in [3.05, 3.63) is 81.2 Å². The highest BCUT2D eigenvalue weighted by Gasteiger charge is 2.23. The Kier molecular flexibility index (Phi) is 5.80. The summed E-state index contributed by atoms with van der Waals surface area (Å²) >= 11 is 1.37. The van der Waals surface area contributed by atoms with Crippen molar-refractivity contribution in [1.29, 1.82) is 0 Å². The third kappa shape index (κ3) is 3.89. The number of pyridine rings is 1. The van der Waals surface area contributed by atoms with Crippen LogP contribution in [0.3, 0.4) is 0 Å². The van der Waals surface area contributed by atoms with Gasteiger partial charge in [0.1, 0.15) is 5.00 Å². The number of aromatic nitrogens is 1. The summed E-state index contributed by atoms with van der Waals surface area (Å²) in [6.45, 7) is 7.86. The largest absolute Gasteiger partial charge is 0.465 e. The number of benzene rings is 2. The van der Waals surface area contributed by atoms with Crippen molar-refractivity contribution in [3.63, 3.8) is 0 Å². The van der Waals surface area contributed by atoms with Gasteiger partial charge in [-0.3, -0.25) is 4.79 Å². The average Bonchev–Trinajstić information content (AvgIpc) is 3.05. The topological polar surface area (TPSA) is 68.3 Å². The minimum atomic E-state index is -0.460. The number of fused-ring (bicyclic) bond motifs is 1. The Morgan fingerprint density at radius 1 is 1.00 bits per heavy atom. The van der Waals surface area contributed by atoms with Gasteiger partial charge in [0.15, 0.2) is 0 Å². The molecule has 0 saturated heterocycles. The van der Waals surface area contributed by atoms with E-state index in [1.165, 1.54) is 24.0 Å². The van der Waals surface area contributed by atoms with Crippen molar-refractivity contribution in [2.45, 2.75) is 27.7 Å². The highest BCUT2D eigenvalue weighted by molar-refractivity contribution is 7.16. The zero-order valence-electron chi connectivity index (χ0n) is 18.7. The lowest BCUT2D eigenvalue weighted by Gasteiger charge is -2.12. The van der Waals surface area contributed by atoms with Gasteiger partial charge < -0.3 is 10.1 Å². The van der Waals surface area contributed by atoms with Gasteiger partial charge in [-0.05, 0) is 51.0 Å². The highest BCUT2D eigenvalue weighted by Crippen LogP contribution is 2.34. The zero-order chi connectivity index (χ0) is 23.0. The van der Waals surface area contributed by atoms with Gasteiger partial charge in [0.25, 0.3) is 5.91 Å². The Hall–Kier alpha value is -3.51. The number of para-hydroxylation sites is 1. The number of ether oxygens (including phenoxy) is 1. The number of rotatable bonds is 4. The van der Waals surface area contributed by atoms with E-state index in [1.54, 1.807) is 0 Å². The molecule has 0 bridgehead atoms. The molecular weight excluding hydrogens is 420 g/mol. The van der Waals surface area contributed by atoms with Crippen molar-refractivity contribution in [3.8, 4) is 11.3 Å². The number of carbonyl (C=O) groups is 2. The summed E-state index contributed by atoms with van der Waals surface area (Å²) in [6.07, 6.45) is 0. The molecule has 0 atom stereocenters. The van der Waals surface area contributed by atoms with Crippen molar-refractivity contribution >= 4 is 39.1 Å². The number of thiophene rings is 1. The number of nitrogens with one attached hydrogen (secondary N) is 1. The lowest BCUT2D eigenvalue weighted by Crippen LogP contribution is -2.15. The van der Waals surface area contributed by atoms with Gasteiger partial charge in [-0.15, -0.1) is 11.3 Å². The molecule has 2 aromatic heterocycles. The lowest BCUT2D eigenvalue weighted by atomic mass is 9.99. The molecule has 5 nitrogen and oxygen atoms in total. The van der Waals surface area contributed by atoms with Crippen LogP contribution in [-0.2, 0) is 4.74 Å². The van der Waals surface area contributed by atoms with Crippen LogP contribution < -0.4 is 5.32 Å². The van der Waals surface area contributed by atoms with Gasteiger partial charge in [-0.25, -0.2) is 9.78 Å². The second kappa shape index (κ2) is 8.55. The average molecular weight is 445 g/mol. The fourth-order valence-corrected chi connectivity index (χ4v) is 4.88. The van der Waals surface area contributed by atoms with Crippen LogP contribution in [0.4, 0.5) is 5.00 Å². The summed E-state index contributed by atoms with van der Waals surface area (Å²) in [4.78, 5) is 31.5. The van der Waals surface area contributed by atoms with Gasteiger partial charge in [0.05, 0.1) is 29.4 Å². The smallest absolute Gasteiger partial charge is 0.341 e. The summed E-state index contributed by atoms with van der Waals surface area (Å²) in [5.74, 6) is -0.751. The van der Waals surface area contributed by atoms with Gasteiger partial charge in [0, 0.05) is 15.8 Å². The number of esters is 1. The molecule has 0 fully saturated rings. The molecular formula is C26H24N2O3S. The van der Waals surface area contributed by atoms with Gasteiger partial charge in [-0.2, -0.15) is 0 Å². The van der Waals surface area contributed by atoms with Crippen LogP contribution in [0.2, 0.25) is 0 Å². The molecule has 4 aromatic rings. The molecule has 1 N–H and O–H groups in total. The van der Waals surface area contributed by atoms with E-state index >= 15 is 0 Å². The Labute approximate surface area is 191 Å². The molecule has 0 saturated carbocycles. The maximum Gasteiger partial charge on any atom is 0.341 e. The molecule has 4 rings (SSSR count). The quantitative estimate of drug-likeness (QED) is 0.379. The van der Waals surface area contributed by atoms with Crippen LogP contribution in [0.5, 0.6) is 0 Å². The van der Waals surface area contributed by atoms with E-state index < -0.39 is 5.97 Å². The number of anilines is 1. The zero-order valence-corrected chi connectivity index (χ0v) is 19.5. The fraction of sp³-hybridized carbons (Fsp3) is 0.192. The molecule has 2 heterocycles. The summed E-state index contributed by atoms with van der Waals surface area (Å²) in [7, 11) is 1.34. The predicted octanol–water partition coefficient (Wildman–Crippen LogP) is 6.24. The van der Waals surface area contributed by atoms with Crippen LogP contribution in [0.25, 0.3) is 22.2 Å². The van der Waals surface area contributed by atoms with Crippen molar-refractivity contribution in [2.24, 2.45) is 0 Å². The maximum absolute atomic E-state index is 13.5. The van der Waals surface area contributed by atoms with E-state index in [0.29, 0.717) is 16.1 Å². The summed E-state index contributed by atoms with van der Waals surface area (Å²) < 4.78 is 4.93. The van der Waals surface area contributed by atoms with E-state index in [4.69, 9.17) is 9.72 Å². The summed E-state index contributed by atoms with van der Waals surface area (Å²) in [5.41, 5.74) is 6.43. The number of aryl methyl sites for hydroxylation is 3. The van der Waals surface area contributed by atoms with E-state index in [2.05, 4.69) is 11.4 Å². The second-order valence-corrected chi connectivity index (χ2v) is 9.05. The van der Waals surface area contributed by atoms with E-state index in [0.717, 1.165) is 38.2 Å². The Balaban J connectivity index is 1.83. The van der Waals surface area contributed by atoms with Crippen LogP contribution >= 0.6 is 11.3 Å². The van der Waals surface area contributed by atoms with Crippen molar-refractivity contribution < 1.29 is 14.3 Å². The number of nitrogens with zero attached hydrogens (tertiary/aromatic N) is 1. The Bertz CT molecular complexity index is 1370. The first-order valence-corrected chi connectivity index (χ1v) is 11.1.